The molecule has 3 rings (SSSR count). The quantitative estimate of drug-likeness (QED) is 0.887. The summed E-state index contributed by atoms with van der Waals surface area (Å²) in [7, 11) is 1.83. The zero-order chi connectivity index (χ0) is 18.0. The van der Waals surface area contributed by atoms with Gasteiger partial charge in [0.15, 0.2) is 0 Å². The molecule has 0 radical (unpaired) electrons. The number of anilines is 1. The molecule has 134 valence electrons. The topological polar surface area (TPSA) is 85.2 Å². The first-order valence-corrected chi connectivity index (χ1v) is 8.41. The number of hydrogen-bond donors (Lipinski definition) is 1. The van der Waals surface area contributed by atoms with Gasteiger partial charge in [0, 0.05) is 37.6 Å². The van der Waals surface area contributed by atoms with Gasteiger partial charge >= 0.3 is 0 Å². The Hall–Kier alpha value is -2.48. The van der Waals surface area contributed by atoms with Crippen molar-refractivity contribution in [2.45, 2.75) is 27.3 Å². The summed E-state index contributed by atoms with van der Waals surface area (Å²) >= 11 is 0. The summed E-state index contributed by atoms with van der Waals surface area (Å²) in [5.41, 5.74) is 3.06. The van der Waals surface area contributed by atoms with E-state index in [4.69, 9.17) is 4.74 Å². The lowest BCUT2D eigenvalue weighted by molar-refractivity contribution is 0.0948. The van der Waals surface area contributed by atoms with Gasteiger partial charge in [-0.2, -0.15) is 5.10 Å². The van der Waals surface area contributed by atoms with Gasteiger partial charge in [-0.1, -0.05) is 0 Å². The monoisotopic (exact) mass is 344 g/mol. The fourth-order valence-electron chi connectivity index (χ4n) is 3.00. The first kappa shape index (κ1) is 17.3. The third-order valence-corrected chi connectivity index (χ3v) is 4.37. The van der Waals surface area contributed by atoms with E-state index in [-0.39, 0.29) is 12.5 Å². The molecular weight excluding hydrogens is 320 g/mol. The number of hydrogen-bond acceptors (Lipinski definition) is 6. The number of carbonyl (C=O) groups excluding carboxylic acids is 1. The molecular formula is C17H24N6O2. The van der Waals surface area contributed by atoms with Crippen molar-refractivity contribution in [3.8, 4) is 0 Å². The average Bonchev–Trinajstić information content (AvgIpc) is 2.85. The molecule has 8 heteroatoms. The minimum Gasteiger partial charge on any atom is -0.378 e. The summed E-state index contributed by atoms with van der Waals surface area (Å²) in [6.07, 6.45) is 0. The van der Waals surface area contributed by atoms with E-state index in [0.29, 0.717) is 24.6 Å². The molecule has 0 aromatic carbocycles. The highest BCUT2D eigenvalue weighted by Crippen LogP contribution is 2.15. The number of nitrogens with zero attached hydrogens (tertiary/aromatic N) is 5. The fraction of sp³-hybridized carbons (Fsp3) is 0.529. The van der Waals surface area contributed by atoms with Crippen LogP contribution in [0, 0.1) is 20.8 Å². The molecule has 2 aromatic rings. The van der Waals surface area contributed by atoms with Crippen molar-refractivity contribution in [3.63, 3.8) is 0 Å². The Morgan fingerprint density at radius 3 is 2.60 bits per heavy atom. The van der Waals surface area contributed by atoms with Gasteiger partial charge in [0.25, 0.3) is 5.91 Å². The number of nitrogens with one attached hydrogen (secondary N) is 1. The molecule has 0 unspecified atom stereocenters. The second kappa shape index (κ2) is 7.18. The van der Waals surface area contributed by atoms with Crippen LogP contribution in [0.1, 0.15) is 33.3 Å². The van der Waals surface area contributed by atoms with Crippen molar-refractivity contribution in [2.24, 2.45) is 7.05 Å². The number of aromatic nitrogens is 4. The van der Waals surface area contributed by atoms with Crippen LogP contribution < -0.4 is 10.2 Å². The summed E-state index contributed by atoms with van der Waals surface area (Å²) in [6, 6.07) is 1.96. The lowest BCUT2D eigenvalue weighted by Gasteiger charge is -2.28. The molecule has 0 saturated carbocycles. The summed E-state index contributed by atoms with van der Waals surface area (Å²) in [4.78, 5) is 23.7. The largest absolute Gasteiger partial charge is 0.378 e. The zero-order valence-electron chi connectivity index (χ0n) is 15.2. The standard InChI is InChI=1S/C17H24N6O2/c1-11-9-15(23-5-7-25-8-6-23)20-14(19-11)10-18-17(24)16-12(2)21-22(4)13(16)3/h9H,5-8,10H2,1-4H3,(H,18,24). The Morgan fingerprint density at radius 1 is 1.24 bits per heavy atom. The molecule has 1 N–H and O–H groups in total. The van der Waals surface area contributed by atoms with Crippen molar-refractivity contribution < 1.29 is 9.53 Å². The van der Waals surface area contributed by atoms with E-state index >= 15 is 0 Å². The Labute approximate surface area is 147 Å². The third-order valence-electron chi connectivity index (χ3n) is 4.37. The van der Waals surface area contributed by atoms with Crippen LogP contribution in [-0.4, -0.2) is 52.0 Å². The predicted molar refractivity (Wildman–Crippen MR) is 93.7 cm³/mol. The van der Waals surface area contributed by atoms with E-state index in [1.54, 1.807) is 4.68 Å². The maximum Gasteiger partial charge on any atom is 0.255 e. The highest BCUT2D eigenvalue weighted by Gasteiger charge is 2.18. The minimum atomic E-state index is -0.152. The molecule has 2 aromatic heterocycles. The van der Waals surface area contributed by atoms with Crippen molar-refractivity contribution in [1.29, 1.82) is 0 Å². The first-order valence-electron chi connectivity index (χ1n) is 8.41. The summed E-state index contributed by atoms with van der Waals surface area (Å²) < 4.78 is 7.10. The molecule has 1 aliphatic heterocycles. The van der Waals surface area contributed by atoms with Gasteiger partial charge in [-0.3, -0.25) is 9.48 Å². The van der Waals surface area contributed by atoms with Crippen LogP contribution in [0.5, 0.6) is 0 Å². The smallest absolute Gasteiger partial charge is 0.255 e. The van der Waals surface area contributed by atoms with Gasteiger partial charge in [0.05, 0.1) is 31.0 Å². The maximum absolute atomic E-state index is 12.5. The van der Waals surface area contributed by atoms with Crippen LogP contribution in [0.15, 0.2) is 6.07 Å². The van der Waals surface area contributed by atoms with Gasteiger partial charge in [-0.25, -0.2) is 9.97 Å². The Bertz CT molecular complexity index is 780. The molecule has 1 amide bonds. The molecule has 0 bridgehead atoms. The predicted octanol–water partition coefficient (Wildman–Crippen LogP) is 0.902. The van der Waals surface area contributed by atoms with E-state index in [1.807, 2.05) is 33.9 Å². The van der Waals surface area contributed by atoms with E-state index in [1.165, 1.54) is 0 Å². The maximum atomic E-state index is 12.5. The number of rotatable bonds is 4. The van der Waals surface area contributed by atoms with Gasteiger partial charge < -0.3 is 15.0 Å². The molecule has 25 heavy (non-hydrogen) atoms. The molecule has 1 saturated heterocycles. The third kappa shape index (κ3) is 3.79. The van der Waals surface area contributed by atoms with Crippen LogP contribution in [0.2, 0.25) is 0 Å². The molecule has 8 nitrogen and oxygen atoms in total. The van der Waals surface area contributed by atoms with Crippen molar-refractivity contribution in [2.75, 3.05) is 31.2 Å². The Morgan fingerprint density at radius 2 is 1.96 bits per heavy atom. The minimum absolute atomic E-state index is 0.152. The van der Waals surface area contributed by atoms with Crippen LogP contribution in [0.4, 0.5) is 5.82 Å². The molecule has 0 aliphatic carbocycles. The summed E-state index contributed by atoms with van der Waals surface area (Å²) in [5, 5.41) is 7.19. The van der Waals surface area contributed by atoms with E-state index in [0.717, 1.165) is 36.0 Å². The Kier molecular flexibility index (Phi) is 4.98. The number of ether oxygens (including phenoxy) is 1. The molecule has 3 heterocycles. The normalized spacial score (nSPS) is 14.6. The number of morpholine rings is 1. The van der Waals surface area contributed by atoms with E-state index in [9.17, 15) is 4.79 Å². The fourth-order valence-corrected chi connectivity index (χ4v) is 3.00. The average molecular weight is 344 g/mol. The van der Waals surface area contributed by atoms with Crippen LogP contribution in [0.3, 0.4) is 0 Å². The number of amides is 1. The van der Waals surface area contributed by atoms with Crippen molar-refractivity contribution in [1.82, 2.24) is 25.1 Å². The molecule has 0 atom stereocenters. The Balaban J connectivity index is 1.72. The van der Waals surface area contributed by atoms with Crippen LogP contribution in [0.25, 0.3) is 0 Å². The summed E-state index contributed by atoms with van der Waals surface area (Å²) in [5.74, 6) is 1.34. The number of aryl methyl sites for hydroxylation is 3. The first-order chi connectivity index (χ1) is 12.0. The molecule has 1 aliphatic rings. The van der Waals surface area contributed by atoms with Gasteiger partial charge in [-0.05, 0) is 20.8 Å². The van der Waals surface area contributed by atoms with Crippen molar-refractivity contribution >= 4 is 11.7 Å². The molecule has 1 fully saturated rings. The van der Waals surface area contributed by atoms with Crippen molar-refractivity contribution in [3.05, 3.63) is 34.5 Å². The second-order valence-corrected chi connectivity index (χ2v) is 6.24. The highest BCUT2D eigenvalue weighted by molar-refractivity contribution is 5.96. The van der Waals surface area contributed by atoms with Crippen LogP contribution in [-0.2, 0) is 18.3 Å². The van der Waals surface area contributed by atoms with E-state index < -0.39 is 0 Å². The van der Waals surface area contributed by atoms with E-state index in [2.05, 4.69) is 25.3 Å². The number of carbonyl (C=O) groups is 1. The second-order valence-electron chi connectivity index (χ2n) is 6.24. The van der Waals surface area contributed by atoms with Gasteiger partial charge in [-0.15, -0.1) is 0 Å². The molecule has 0 spiro atoms. The summed E-state index contributed by atoms with van der Waals surface area (Å²) in [6.45, 7) is 8.98. The van der Waals surface area contributed by atoms with Gasteiger partial charge in [0.2, 0.25) is 0 Å². The lowest BCUT2D eigenvalue weighted by Crippen LogP contribution is -2.37. The zero-order valence-corrected chi connectivity index (χ0v) is 15.2. The SMILES string of the molecule is Cc1cc(N2CCOCC2)nc(CNC(=O)c2c(C)nn(C)c2C)n1. The van der Waals surface area contributed by atoms with Crippen LogP contribution >= 0.6 is 0 Å². The van der Waals surface area contributed by atoms with Gasteiger partial charge in [0.1, 0.15) is 11.6 Å². The lowest BCUT2D eigenvalue weighted by atomic mass is 10.2. The highest BCUT2D eigenvalue weighted by atomic mass is 16.5.